The van der Waals surface area contributed by atoms with E-state index in [0.29, 0.717) is 0 Å². The summed E-state index contributed by atoms with van der Waals surface area (Å²) in [6.45, 7) is 0. The number of rotatable bonds is 0. The average molecular weight is 1460 g/mol. The molecule has 0 rings (SSSR count). The molecule has 6 radical (unpaired) electrons. The van der Waals surface area contributed by atoms with Gasteiger partial charge in [0.15, 0.2) is 0 Å². The van der Waals surface area contributed by atoms with Gasteiger partial charge in [-0.1, -0.05) is 0 Å². The maximum Gasteiger partial charge on any atom is 3.00 e. The predicted octanol–water partition coefficient (Wildman–Crippen LogP) is -4.20. The summed E-state index contributed by atoms with van der Waals surface area (Å²) < 4.78 is 0. The van der Waals surface area contributed by atoms with Gasteiger partial charge in [-0.05, 0) is 0 Å². The molecule has 0 heterocycles. The molecule has 0 aliphatic heterocycles. The van der Waals surface area contributed by atoms with E-state index in [2.05, 4.69) is 0 Å². The van der Waals surface area contributed by atoms with E-state index in [1.54, 1.807) is 0 Å². The van der Waals surface area contributed by atoms with Gasteiger partial charge >= 0.3 is 225 Å². The van der Waals surface area contributed by atoms with Crippen molar-refractivity contribution >= 4 is 203 Å². The summed E-state index contributed by atoms with van der Waals surface area (Å²) >= 11 is 0. The summed E-state index contributed by atoms with van der Waals surface area (Å²) in [7, 11) is 0. The SMILES string of the molecule is [As-3].[As-3].[As-3].[As-3].[As-3].[As-3].[As-3].[As-3].[Dy+3].[Dy+3].[Dy+3].[Ga+3].[Ga+3].[Ga+3].[Mn+2].[Mn+2].[Mn+2]. The molecule has 0 aromatic carbocycles. The van der Waals surface area contributed by atoms with E-state index in [1.165, 1.54) is 0 Å². The van der Waals surface area contributed by atoms with E-state index in [4.69, 9.17) is 0 Å². The van der Waals surface area contributed by atoms with Gasteiger partial charge in [0.25, 0.3) is 0 Å². The standard InChI is InChI=1S/8As.3Dy.3Ga.3Mn/q8*-3;6*+3;3*+2. The van der Waals surface area contributed by atoms with Gasteiger partial charge in [0.1, 0.15) is 0 Å². The first-order valence-corrected chi connectivity index (χ1v) is 0. The average Bonchev–Trinajstić information content (AvgIpc) is 0. The van der Waals surface area contributed by atoms with Crippen molar-refractivity contribution in [1.82, 2.24) is 0 Å². The molecule has 100 valence electrons. The van der Waals surface area contributed by atoms with Crippen LogP contribution in [0.2, 0.25) is 0 Å². The van der Waals surface area contributed by atoms with Crippen LogP contribution in [0.25, 0.3) is 0 Å². The van der Waals surface area contributed by atoms with Crippen molar-refractivity contribution in [2.45, 2.75) is 0 Å². The first-order chi connectivity index (χ1) is 0. The summed E-state index contributed by atoms with van der Waals surface area (Å²) in [5.41, 5.74) is 0. The molecule has 0 amide bonds. The number of hydrogen-bond donors (Lipinski definition) is 0. The van der Waals surface area contributed by atoms with E-state index in [-0.39, 0.29) is 369 Å². The number of hydrogen-bond acceptors (Lipinski definition) is 0. The Hall–Kier alpha value is 11.8. The molecule has 0 nitrogen and oxygen atoms in total. The van der Waals surface area contributed by atoms with Crippen LogP contribution in [-0.4, -0.2) is 203 Å². The zero-order valence-corrected chi connectivity index (χ0v) is 39.3. The Labute approximate surface area is 358 Å². The molecule has 17 heavy (non-hydrogen) atoms. The molecule has 0 aromatic heterocycles. The van der Waals surface area contributed by atoms with Crippen LogP contribution in [0.3, 0.4) is 0 Å². The topological polar surface area (TPSA) is 0 Å². The van der Waals surface area contributed by atoms with E-state index < -0.39 is 0 Å². The van der Waals surface area contributed by atoms with Crippen molar-refractivity contribution in [1.29, 1.82) is 0 Å². The van der Waals surface area contributed by atoms with E-state index in [9.17, 15) is 0 Å². The van der Waals surface area contributed by atoms with Crippen LogP contribution in [0, 0.1) is 115 Å². The second kappa shape index (κ2) is 144. The minimum Gasteiger partial charge on any atom is -3.00 e. The Morgan fingerprint density at radius 3 is 0.235 bits per heavy atom. The second-order valence-electron chi connectivity index (χ2n) is 0. The molecule has 17 heteroatoms. The summed E-state index contributed by atoms with van der Waals surface area (Å²) in [5.74, 6) is 0. The molecule has 0 aliphatic carbocycles. The molecule has 0 fully saturated rings. The Bertz CT molecular complexity index is 31.2. The molecule has 0 aromatic rings. The Morgan fingerprint density at radius 2 is 0.235 bits per heavy atom. The summed E-state index contributed by atoms with van der Waals surface area (Å²) in [6.07, 6.45) is 0. The smallest absolute Gasteiger partial charge is 3.00 e. The second-order valence-corrected chi connectivity index (χ2v) is 0. The minimum absolute atomic E-state index is 0. The van der Waals surface area contributed by atoms with Gasteiger partial charge < -0.3 is 144 Å². The van der Waals surface area contributed by atoms with Crippen molar-refractivity contribution in [3.63, 3.8) is 0 Å². The van der Waals surface area contributed by atoms with Gasteiger partial charge in [0.2, 0.25) is 0 Å². The zero-order chi connectivity index (χ0) is 0. The van der Waals surface area contributed by atoms with Crippen LogP contribution in [0.15, 0.2) is 0 Å². The van der Waals surface area contributed by atoms with Crippen molar-refractivity contribution in [2.75, 3.05) is 0 Å². The Balaban J connectivity index is 0. The maximum absolute atomic E-state index is 0. The van der Waals surface area contributed by atoms with Gasteiger partial charge in [-0.2, -0.15) is 0 Å². The monoisotopic (exact) mass is 1460 g/mol. The van der Waals surface area contributed by atoms with Gasteiger partial charge in [0.05, 0.1) is 0 Å². The Morgan fingerprint density at radius 1 is 0.235 bits per heavy atom. The molecule has 0 saturated carbocycles. The Kier molecular flexibility index (Phi) is 1360. The first kappa shape index (κ1) is 160. The van der Waals surface area contributed by atoms with Crippen molar-refractivity contribution in [3.05, 3.63) is 0 Å². The largest absolute Gasteiger partial charge is 3.00 e. The minimum atomic E-state index is 0. The first-order valence-electron chi connectivity index (χ1n) is 0. The van der Waals surface area contributed by atoms with Crippen molar-refractivity contribution in [3.8, 4) is 0 Å². The summed E-state index contributed by atoms with van der Waals surface area (Å²) in [5, 5.41) is 0. The van der Waals surface area contributed by atoms with Crippen molar-refractivity contribution < 1.29 is 166 Å². The third kappa shape index (κ3) is 133. The van der Waals surface area contributed by atoms with Crippen molar-refractivity contribution in [2.24, 2.45) is 0 Å². The van der Waals surface area contributed by atoms with E-state index in [1.807, 2.05) is 0 Å². The normalized spacial score (nSPS) is 0. The summed E-state index contributed by atoms with van der Waals surface area (Å²) in [4.78, 5) is 0. The molecule has 0 atom stereocenters. The molecule has 0 bridgehead atoms. The van der Waals surface area contributed by atoms with Crippen LogP contribution >= 0.6 is 0 Å². The van der Waals surface area contributed by atoms with Gasteiger partial charge in [-0.15, -0.1) is 0 Å². The summed E-state index contributed by atoms with van der Waals surface area (Å²) in [6, 6.07) is 0. The van der Waals surface area contributed by atoms with E-state index in [0.717, 1.165) is 0 Å². The van der Waals surface area contributed by atoms with Crippen LogP contribution in [0.1, 0.15) is 0 Å². The van der Waals surface area contributed by atoms with Crippen LogP contribution in [-0.2, 0) is 51.2 Å². The fourth-order valence-electron chi connectivity index (χ4n) is 0. The van der Waals surface area contributed by atoms with Crippen LogP contribution in [0.4, 0.5) is 0 Å². The molecule has 0 aliphatic rings. The fraction of sp³-hybridized carbons (Fsp3) is 0. The third-order valence-corrected chi connectivity index (χ3v) is 0. The van der Waals surface area contributed by atoms with Gasteiger partial charge in [-0.3, -0.25) is 0 Å². The molecule has 0 N–H and O–H groups in total. The van der Waals surface area contributed by atoms with Gasteiger partial charge in [-0.25, -0.2) is 0 Å². The molecular weight excluding hydrogens is 1460 g/mol. The van der Waals surface area contributed by atoms with E-state index >= 15 is 0 Å². The fourth-order valence-corrected chi connectivity index (χ4v) is 0. The molecule has 0 saturated heterocycles. The predicted molar refractivity (Wildman–Crippen MR) is 63.3 cm³/mol. The van der Waals surface area contributed by atoms with Gasteiger partial charge in [0, 0.05) is 0 Å². The molecule has 0 unspecified atom stereocenters. The zero-order valence-electron chi connectivity index (χ0n) is 7.39. The quantitative estimate of drug-likeness (QED) is 0.217. The molecular formula is As8Dy3Ga3Mn3. The van der Waals surface area contributed by atoms with Crippen LogP contribution < -0.4 is 0 Å². The molecule has 0 spiro atoms. The third-order valence-electron chi connectivity index (χ3n) is 0. The van der Waals surface area contributed by atoms with Crippen LogP contribution in [0.5, 0.6) is 0 Å². The maximum atomic E-state index is 0.